The lowest BCUT2D eigenvalue weighted by Gasteiger charge is -2.14. The van der Waals surface area contributed by atoms with Crippen molar-refractivity contribution in [1.29, 1.82) is 0 Å². The average molecular weight is 289 g/mol. The highest BCUT2D eigenvalue weighted by Crippen LogP contribution is 2.26. The molecule has 108 valence electrons. The molecule has 3 aromatic rings. The van der Waals surface area contributed by atoms with Crippen molar-refractivity contribution in [2.45, 2.75) is 13.0 Å². The fourth-order valence-corrected chi connectivity index (χ4v) is 2.34. The van der Waals surface area contributed by atoms with E-state index in [1.807, 2.05) is 0 Å². The number of fused-ring (bicyclic) bond motifs is 1. The molecule has 1 unspecified atom stereocenters. The fourth-order valence-electron chi connectivity index (χ4n) is 2.34. The van der Waals surface area contributed by atoms with E-state index >= 15 is 0 Å². The SMILES string of the molecule is Cc1cc(C(N)c2ccc3[nH]c(=O)[nH]c3c2)c(F)cc1F. The normalized spacial score (nSPS) is 12.8. The average Bonchev–Trinajstić information content (AvgIpc) is 2.81. The number of aromatic nitrogens is 2. The molecule has 1 aromatic heterocycles. The summed E-state index contributed by atoms with van der Waals surface area (Å²) in [4.78, 5) is 16.5. The second-order valence-electron chi connectivity index (χ2n) is 4.98. The maximum atomic E-state index is 13.9. The Morgan fingerprint density at radius 2 is 1.76 bits per heavy atom. The molecular formula is C15H13F2N3O. The standard InChI is InChI=1S/C15H13F2N3O/c1-7-4-9(11(17)6-10(7)16)14(18)8-2-3-12-13(5-8)20-15(21)19-12/h2-6,14H,18H2,1H3,(H2,19,20,21). The molecule has 0 spiro atoms. The molecule has 4 nitrogen and oxygen atoms in total. The maximum absolute atomic E-state index is 13.9. The fraction of sp³-hybridized carbons (Fsp3) is 0.133. The van der Waals surface area contributed by atoms with Gasteiger partial charge in [0.1, 0.15) is 11.6 Å². The van der Waals surface area contributed by atoms with Crippen LogP contribution in [0.25, 0.3) is 11.0 Å². The van der Waals surface area contributed by atoms with Gasteiger partial charge in [-0.05, 0) is 36.2 Å². The van der Waals surface area contributed by atoms with Crippen LogP contribution in [0.4, 0.5) is 8.78 Å². The summed E-state index contributed by atoms with van der Waals surface area (Å²) in [6, 6.07) is 6.56. The molecule has 4 N–H and O–H groups in total. The minimum atomic E-state index is -0.743. The van der Waals surface area contributed by atoms with Crippen LogP contribution in [0.1, 0.15) is 22.7 Å². The zero-order chi connectivity index (χ0) is 15.1. The number of hydrogen-bond acceptors (Lipinski definition) is 2. The molecule has 0 saturated heterocycles. The minimum absolute atomic E-state index is 0.214. The predicted molar refractivity (Wildman–Crippen MR) is 76.0 cm³/mol. The number of rotatable bonds is 2. The van der Waals surface area contributed by atoms with Crippen molar-refractivity contribution in [3.8, 4) is 0 Å². The largest absolute Gasteiger partial charge is 0.323 e. The molecule has 0 radical (unpaired) electrons. The van der Waals surface area contributed by atoms with E-state index in [-0.39, 0.29) is 11.3 Å². The number of nitrogens with two attached hydrogens (primary N) is 1. The highest BCUT2D eigenvalue weighted by molar-refractivity contribution is 5.75. The highest BCUT2D eigenvalue weighted by atomic mass is 19.1. The third-order valence-electron chi connectivity index (χ3n) is 3.51. The van der Waals surface area contributed by atoms with Crippen molar-refractivity contribution in [1.82, 2.24) is 9.97 Å². The summed E-state index contributed by atoms with van der Waals surface area (Å²) in [5.41, 5.74) is 8.16. The Bertz CT molecular complexity index is 882. The molecule has 3 rings (SSSR count). The molecule has 0 aliphatic carbocycles. The Hall–Kier alpha value is -2.47. The number of halogens is 2. The van der Waals surface area contributed by atoms with Gasteiger partial charge >= 0.3 is 5.69 Å². The monoisotopic (exact) mass is 289 g/mol. The molecule has 0 fully saturated rings. The van der Waals surface area contributed by atoms with Crippen molar-refractivity contribution in [2.75, 3.05) is 0 Å². The zero-order valence-corrected chi connectivity index (χ0v) is 11.2. The van der Waals surface area contributed by atoms with Crippen LogP contribution in [0.15, 0.2) is 35.1 Å². The van der Waals surface area contributed by atoms with E-state index in [0.29, 0.717) is 22.2 Å². The van der Waals surface area contributed by atoms with Crippen LogP contribution >= 0.6 is 0 Å². The lowest BCUT2D eigenvalue weighted by Crippen LogP contribution is -2.14. The number of nitrogens with one attached hydrogen (secondary N) is 2. The van der Waals surface area contributed by atoms with E-state index in [4.69, 9.17) is 5.73 Å². The first-order valence-corrected chi connectivity index (χ1v) is 6.39. The van der Waals surface area contributed by atoms with Crippen LogP contribution in [0, 0.1) is 18.6 Å². The molecule has 0 aliphatic heterocycles. The first-order chi connectivity index (χ1) is 9.95. The van der Waals surface area contributed by atoms with Crippen molar-refractivity contribution >= 4 is 11.0 Å². The van der Waals surface area contributed by atoms with Crippen LogP contribution in [-0.2, 0) is 0 Å². The molecule has 6 heteroatoms. The Labute approximate surface area is 118 Å². The Balaban J connectivity index is 2.09. The molecular weight excluding hydrogens is 276 g/mol. The Kier molecular flexibility index (Phi) is 3.10. The molecule has 0 aliphatic rings. The molecule has 1 heterocycles. The van der Waals surface area contributed by atoms with E-state index in [9.17, 15) is 13.6 Å². The molecule has 1 atom stereocenters. The Morgan fingerprint density at radius 3 is 2.52 bits per heavy atom. The molecule has 0 bridgehead atoms. The van der Waals surface area contributed by atoms with Gasteiger partial charge in [0.25, 0.3) is 0 Å². The number of H-pyrrole nitrogens is 2. The van der Waals surface area contributed by atoms with E-state index in [2.05, 4.69) is 9.97 Å². The number of hydrogen-bond donors (Lipinski definition) is 3. The van der Waals surface area contributed by atoms with Gasteiger partial charge in [-0.25, -0.2) is 13.6 Å². The summed E-state index contributed by atoms with van der Waals surface area (Å²) in [5, 5.41) is 0. The van der Waals surface area contributed by atoms with Gasteiger partial charge in [-0.3, -0.25) is 0 Å². The third kappa shape index (κ3) is 2.34. The number of aromatic amines is 2. The molecule has 0 amide bonds. The zero-order valence-electron chi connectivity index (χ0n) is 11.2. The maximum Gasteiger partial charge on any atom is 0.323 e. The van der Waals surface area contributed by atoms with Gasteiger partial charge in [-0.1, -0.05) is 6.07 Å². The van der Waals surface area contributed by atoms with Crippen molar-refractivity contribution in [3.63, 3.8) is 0 Å². The van der Waals surface area contributed by atoms with Gasteiger partial charge in [0.15, 0.2) is 0 Å². The Morgan fingerprint density at radius 1 is 1.05 bits per heavy atom. The number of benzene rings is 2. The van der Waals surface area contributed by atoms with E-state index in [1.165, 1.54) is 6.07 Å². The minimum Gasteiger partial charge on any atom is -0.320 e. The summed E-state index contributed by atoms with van der Waals surface area (Å²) in [5.74, 6) is -1.29. The highest BCUT2D eigenvalue weighted by Gasteiger charge is 2.16. The second kappa shape index (κ2) is 4.82. The van der Waals surface area contributed by atoms with Crippen LogP contribution in [0.3, 0.4) is 0 Å². The van der Waals surface area contributed by atoms with Gasteiger partial charge in [0.05, 0.1) is 17.1 Å². The van der Waals surface area contributed by atoms with E-state index in [1.54, 1.807) is 25.1 Å². The topological polar surface area (TPSA) is 74.7 Å². The van der Waals surface area contributed by atoms with Gasteiger partial charge in [-0.15, -0.1) is 0 Å². The van der Waals surface area contributed by atoms with Gasteiger partial charge in [-0.2, -0.15) is 0 Å². The van der Waals surface area contributed by atoms with Crippen molar-refractivity contribution in [2.24, 2.45) is 5.73 Å². The third-order valence-corrected chi connectivity index (χ3v) is 3.51. The van der Waals surface area contributed by atoms with Crippen LogP contribution in [0.2, 0.25) is 0 Å². The second-order valence-corrected chi connectivity index (χ2v) is 4.98. The van der Waals surface area contributed by atoms with Crippen molar-refractivity contribution < 1.29 is 8.78 Å². The van der Waals surface area contributed by atoms with E-state index in [0.717, 1.165) is 6.07 Å². The summed E-state index contributed by atoms with van der Waals surface area (Å²) in [7, 11) is 0. The smallest absolute Gasteiger partial charge is 0.320 e. The van der Waals surface area contributed by atoms with Gasteiger partial charge in [0.2, 0.25) is 0 Å². The summed E-state index contributed by atoms with van der Waals surface area (Å²) < 4.78 is 27.2. The van der Waals surface area contributed by atoms with Crippen molar-refractivity contribution in [3.05, 3.63) is 69.1 Å². The van der Waals surface area contributed by atoms with Crippen LogP contribution in [0.5, 0.6) is 0 Å². The first kappa shape index (κ1) is 13.5. The summed E-state index contributed by atoms with van der Waals surface area (Å²) in [6.07, 6.45) is 0. The first-order valence-electron chi connectivity index (χ1n) is 6.39. The molecule has 0 saturated carbocycles. The quantitative estimate of drug-likeness (QED) is 0.678. The number of imidazole rings is 1. The van der Waals surface area contributed by atoms with Crippen LogP contribution in [-0.4, -0.2) is 9.97 Å². The predicted octanol–water partition coefficient (Wildman–Crippen LogP) is 2.49. The van der Waals surface area contributed by atoms with Gasteiger partial charge < -0.3 is 15.7 Å². The lowest BCUT2D eigenvalue weighted by atomic mass is 9.97. The van der Waals surface area contributed by atoms with E-state index < -0.39 is 17.7 Å². The lowest BCUT2D eigenvalue weighted by molar-refractivity contribution is 0.561. The van der Waals surface area contributed by atoms with Crippen LogP contribution < -0.4 is 11.4 Å². The van der Waals surface area contributed by atoms with Gasteiger partial charge in [0, 0.05) is 11.6 Å². The molecule has 2 aromatic carbocycles. The summed E-state index contributed by atoms with van der Waals surface area (Å²) >= 11 is 0. The summed E-state index contributed by atoms with van der Waals surface area (Å²) in [6.45, 7) is 1.55. The number of aryl methyl sites for hydroxylation is 1. The molecule has 21 heavy (non-hydrogen) atoms.